The fraction of sp³-hybridized carbons (Fsp3) is 0. The van der Waals surface area contributed by atoms with Crippen LogP contribution in [0.4, 0.5) is 11.7 Å². The summed E-state index contributed by atoms with van der Waals surface area (Å²) in [6.45, 7) is 0. The van der Waals surface area contributed by atoms with Gasteiger partial charge in [0.25, 0.3) is 0 Å². The van der Waals surface area contributed by atoms with Crippen LogP contribution in [-0.2, 0) is 30.7 Å². The minimum Gasteiger partial charge on any atom is -0.227 e. The summed E-state index contributed by atoms with van der Waals surface area (Å²) < 4.78 is 89.9. The first-order valence-corrected chi connectivity index (χ1v) is 6.23. The van der Waals surface area contributed by atoms with Gasteiger partial charge in [-0.05, 0) is 0 Å². The predicted octanol–water partition coefficient (Wildman–Crippen LogP) is -3.66. The van der Waals surface area contributed by atoms with E-state index in [0.717, 1.165) is 0 Å². The Kier molecular flexibility index (Phi) is 5.23. The Labute approximate surface area is 90.3 Å². The zero-order chi connectivity index (χ0) is 11.1. The van der Waals surface area contributed by atoms with Gasteiger partial charge in [0.05, 0.1) is 0 Å². The van der Waals surface area contributed by atoms with Gasteiger partial charge in [0.1, 0.15) is 3.91 Å². The van der Waals surface area contributed by atoms with E-state index in [4.69, 9.17) is 0 Å². The van der Waals surface area contributed by atoms with Gasteiger partial charge in [0.2, 0.25) is 30.7 Å². The van der Waals surface area contributed by atoms with Gasteiger partial charge < -0.3 is 0 Å². The molecule has 0 saturated heterocycles. The van der Waals surface area contributed by atoms with Crippen molar-refractivity contribution in [2.75, 3.05) is 0 Å². The van der Waals surface area contributed by atoms with E-state index in [-0.39, 0.29) is 18.9 Å². The molecule has 0 aromatic rings. The van der Waals surface area contributed by atoms with Crippen LogP contribution in [0.2, 0.25) is 0 Å². The molecule has 0 aliphatic heterocycles. The molecule has 0 unspecified atom stereocenters. The van der Waals surface area contributed by atoms with E-state index in [0.29, 0.717) is 0 Å². The van der Waals surface area contributed by atoms with E-state index >= 15 is 0 Å². The Bertz CT molecular complexity index is 410. The quantitative estimate of drug-likeness (QED) is 0.297. The Balaban J connectivity index is 0. The molecule has 0 saturated carbocycles. The number of hydrogen-bond donors (Lipinski definition) is 0. The monoisotopic (exact) mass is 268 g/mol. The summed E-state index contributed by atoms with van der Waals surface area (Å²) in [5, 5.41) is 0. The molecule has 0 amide bonds. The third kappa shape index (κ3) is 4.65. The molecule has 0 fully saturated rings. The van der Waals surface area contributed by atoms with Gasteiger partial charge in [0, 0.05) is 0 Å². The zero-order valence-corrected chi connectivity index (χ0v) is 8.76. The van der Waals surface area contributed by atoms with Crippen molar-refractivity contribution >= 4 is 30.7 Å². The van der Waals surface area contributed by atoms with Gasteiger partial charge in [0.15, 0.2) is 0 Å². The third-order valence-electron chi connectivity index (χ3n) is 0.597. The van der Waals surface area contributed by atoms with Crippen molar-refractivity contribution < 1.29 is 55.8 Å². The SMILES string of the molecule is O=S(=O)(F)[C-](S(=O)(=O)F)S(=O)(=O)F.[Li+]. The fourth-order valence-corrected chi connectivity index (χ4v) is 3.21. The molecule has 6 nitrogen and oxygen atoms in total. The van der Waals surface area contributed by atoms with Crippen molar-refractivity contribution in [3.05, 3.63) is 3.91 Å². The number of halogens is 3. The van der Waals surface area contributed by atoms with E-state index in [1.165, 1.54) is 0 Å². The fourth-order valence-electron chi connectivity index (χ4n) is 0.357. The summed E-state index contributed by atoms with van der Waals surface area (Å²) in [6, 6.07) is 0. The van der Waals surface area contributed by atoms with Crippen LogP contribution < -0.4 is 18.9 Å². The molecule has 0 heterocycles. The predicted molar refractivity (Wildman–Crippen MR) is 33.3 cm³/mol. The maximum Gasteiger partial charge on any atom is 1.00 e. The van der Waals surface area contributed by atoms with Gasteiger partial charge in [-0.1, -0.05) is 0 Å². The van der Waals surface area contributed by atoms with Crippen LogP contribution in [0.25, 0.3) is 0 Å². The molecule has 13 heteroatoms. The smallest absolute Gasteiger partial charge is 0.227 e. The van der Waals surface area contributed by atoms with Crippen LogP contribution in [0.1, 0.15) is 0 Å². The molecule has 0 rings (SSSR count). The van der Waals surface area contributed by atoms with Crippen LogP contribution in [0.3, 0.4) is 0 Å². The molecule has 14 heavy (non-hydrogen) atoms. The van der Waals surface area contributed by atoms with Gasteiger partial charge >= 0.3 is 18.9 Å². The molecule has 0 aliphatic rings. The molecular weight excluding hydrogens is 268 g/mol. The third-order valence-corrected chi connectivity index (χ3v) is 5.38. The second-order valence-corrected chi connectivity index (χ2v) is 6.19. The van der Waals surface area contributed by atoms with Crippen LogP contribution in [0.5, 0.6) is 0 Å². The first-order chi connectivity index (χ1) is 5.37. The van der Waals surface area contributed by atoms with E-state index in [1.54, 1.807) is 0 Å². The van der Waals surface area contributed by atoms with Crippen molar-refractivity contribution in [3.63, 3.8) is 0 Å². The normalized spacial score (nSPS) is 13.7. The van der Waals surface area contributed by atoms with Gasteiger partial charge in [-0.25, -0.2) is 25.3 Å². The van der Waals surface area contributed by atoms with Crippen LogP contribution in [0, 0.1) is 3.91 Å². The summed E-state index contributed by atoms with van der Waals surface area (Å²) >= 11 is 0. The molecule has 0 radical (unpaired) electrons. The van der Waals surface area contributed by atoms with Crippen molar-refractivity contribution in [2.24, 2.45) is 0 Å². The van der Waals surface area contributed by atoms with Gasteiger partial charge in [-0.15, -0.1) is 11.7 Å². The minimum absolute atomic E-state index is 0. The minimum atomic E-state index is -6.49. The molecule has 0 aromatic heterocycles. The van der Waals surface area contributed by atoms with Crippen molar-refractivity contribution in [2.45, 2.75) is 0 Å². The Morgan fingerprint density at radius 3 is 0.786 bits per heavy atom. The average Bonchev–Trinajstić information content (AvgIpc) is 1.44. The second kappa shape index (κ2) is 4.40. The molecule has 0 spiro atoms. The largest absolute Gasteiger partial charge is 1.00 e. The first kappa shape index (κ1) is 16.7. The average molecular weight is 268 g/mol. The van der Waals surface area contributed by atoms with E-state index in [1.807, 2.05) is 0 Å². The molecule has 0 atom stereocenters. The van der Waals surface area contributed by atoms with Gasteiger partial charge in [-0.2, -0.15) is 0 Å². The Morgan fingerprint density at radius 2 is 0.786 bits per heavy atom. The van der Waals surface area contributed by atoms with Crippen molar-refractivity contribution in [3.8, 4) is 0 Å². The molecule has 0 aromatic carbocycles. The maximum absolute atomic E-state index is 11.7. The van der Waals surface area contributed by atoms with Gasteiger partial charge in [-0.3, -0.25) is 0 Å². The van der Waals surface area contributed by atoms with Crippen molar-refractivity contribution in [1.82, 2.24) is 0 Å². The summed E-state index contributed by atoms with van der Waals surface area (Å²) in [5.74, 6) is 0. The van der Waals surface area contributed by atoms with Crippen LogP contribution in [-0.4, -0.2) is 25.3 Å². The van der Waals surface area contributed by atoms with Crippen LogP contribution >= 0.6 is 0 Å². The van der Waals surface area contributed by atoms with E-state index in [9.17, 15) is 36.9 Å². The first-order valence-electron chi connectivity index (χ1n) is 2.08. The summed E-state index contributed by atoms with van der Waals surface area (Å²) in [7, 11) is -19.5. The standard InChI is InChI=1S/CF3O6S3.Li/c2-11(5,6)1(12(3,7)8)13(4,9)10;/q-1;+1. The van der Waals surface area contributed by atoms with Crippen molar-refractivity contribution in [1.29, 1.82) is 0 Å². The zero-order valence-electron chi connectivity index (χ0n) is 6.31. The summed E-state index contributed by atoms with van der Waals surface area (Å²) in [4.78, 5) is 0. The summed E-state index contributed by atoms with van der Waals surface area (Å²) in [5.41, 5.74) is 0. The maximum atomic E-state index is 11.7. The molecule has 80 valence electrons. The number of hydrogen-bond acceptors (Lipinski definition) is 6. The molecule has 0 N–H and O–H groups in total. The Morgan fingerprint density at radius 1 is 0.643 bits per heavy atom. The number of rotatable bonds is 3. The topological polar surface area (TPSA) is 102 Å². The summed E-state index contributed by atoms with van der Waals surface area (Å²) in [6.07, 6.45) is 0. The molecule has 0 bridgehead atoms. The molecular formula is CF3LiO6S3. The van der Waals surface area contributed by atoms with E-state index in [2.05, 4.69) is 0 Å². The molecule has 0 aliphatic carbocycles. The van der Waals surface area contributed by atoms with E-state index < -0.39 is 34.6 Å². The Hall–Kier alpha value is 0.237. The van der Waals surface area contributed by atoms with Crippen LogP contribution in [0.15, 0.2) is 0 Å². The second-order valence-electron chi connectivity index (χ2n) is 1.56.